The fraction of sp³-hybridized carbons (Fsp3) is 0.667. The van der Waals surface area contributed by atoms with E-state index in [1.54, 1.807) is 6.07 Å². The highest BCUT2D eigenvalue weighted by Crippen LogP contribution is 2.18. The Kier molecular flexibility index (Phi) is 5.58. The van der Waals surface area contributed by atoms with Crippen molar-refractivity contribution in [3.8, 4) is 0 Å². The van der Waals surface area contributed by atoms with Crippen molar-refractivity contribution in [3.05, 3.63) is 23.0 Å². The summed E-state index contributed by atoms with van der Waals surface area (Å²) in [6, 6.07) is 3.64. The minimum absolute atomic E-state index is 0.352. The van der Waals surface area contributed by atoms with Crippen LogP contribution >= 0.6 is 11.6 Å². The molecule has 1 saturated heterocycles. The molecule has 2 heterocycles. The third-order valence-electron chi connectivity index (χ3n) is 3.38. The molecule has 122 valence electrons. The van der Waals surface area contributed by atoms with Crippen molar-refractivity contribution in [2.75, 3.05) is 19.6 Å². The van der Waals surface area contributed by atoms with Crippen molar-refractivity contribution < 1.29 is 9.53 Å². The number of carbonyl (C=O) groups is 1. The Morgan fingerprint density at radius 2 is 2.23 bits per heavy atom. The fourth-order valence-corrected chi connectivity index (χ4v) is 2.52. The molecule has 1 amide bonds. The molecule has 1 atom stereocenters. The van der Waals surface area contributed by atoms with Crippen molar-refractivity contribution in [1.82, 2.24) is 20.4 Å². The molecular formula is C15H23ClN4O2. The summed E-state index contributed by atoms with van der Waals surface area (Å²) in [5.74, 6) is 0.438. The largest absolute Gasteiger partial charge is 0.444 e. The molecule has 22 heavy (non-hydrogen) atoms. The van der Waals surface area contributed by atoms with Crippen LogP contribution in [0, 0.1) is 5.92 Å². The highest BCUT2D eigenvalue weighted by Gasteiger charge is 2.24. The molecule has 0 aromatic carbocycles. The zero-order valence-electron chi connectivity index (χ0n) is 13.3. The SMILES string of the molecule is CC(C)(C)OC(=O)NC[C@H]1CCN(Cc2ccc(Cl)nn2)C1. The number of carbonyl (C=O) groups excluding carboxylic acids is 1. The number of rotatable bonds is 4. The minimum atomic E-state index is -0.459. The van der Waals surface area contributed by atoms with Gasteiger partial charge >= 0.3 is 6.09 Å². The molecule has 0 unspecified atom stereocenters. The second-order valence-electron chi connectivity index (χ2n) is 6.62. The van der Waals surface area contributed by atoms with E-state index in [-0.39, 0.29) is 6.09 Å². The van der Waals surface area contributed by atoms with E-state index in [1.165, 1.54) is 0 Å². The summed E-state index contributed by atoms with van der Waals surface area (Å²) >= 11 is 5.73. The van der Waals surface area contributed by atoms with Crippen LogP contribution in [0.1, 0.15) is 32.9 Å². The molecule has 2 rings (SSSR count). The van der Waals surface area contributed by atoms with Crippen LogP contribution in [0.3, 0.4) is 0 Å². The molecule has 1 aliphatic rings. The molecule has 6 nitrogen and oxygen atoms in total. The molecule has 1 aliphatic heterocycles. The van der Waals surface area contributed by atoms with Gasteiger partial charge in [0, 0.05) is 19.6 Å². The van der Waals surface area contributed by atoms with Crippen molar-refractivity contribution in [3.63, 3.8) is 0 Å². The number of ether oxygens (including phenoxy) is 1. The zero-order chi connectivity index (χ0) is 16.2. The lowest BCUT2D eigenvalue weighted by Crippen LogP contribution is -2.36. The van der Waals surface area contributed by atoms with Gasteiger partial charge in [0.2, 0.25) is 0 Å². The second-order valence-corrected chi connectivity index (χ2v) is 7.01. The van der Waals surface area contributed by atoms with Gasteiger partial charge in [0.25, 0.3) is 0 Å². The number of nitrogens with one attached hydrogen (secondary N) is 1. The zero-order valence-corrected chi connectivity index (χ0v) is 14.1. The van der Waals surface area contributed by atoms with E-state index in [9.17, 15) is 4.79 Å². The predicted molar refractivity (Wildman–Crippen MR) is 84.7 cm³/mol. The van der Waals surface area contributed by atoms with Crippen LogP contribution in [0.25, 0.3) is 0 Å². The van der Waals surface area contributed by atoms with Gasteiger partial charge in [-0.15, -0.1) is 5.10 Å². The van der Waals surface area contributed by atoms with Gasteiger partial charge in [-0.3, -0.25) is 4.90 Å². The summed E-state index contributed by atoms with van der Waals surface area (Å²) in [5, 5.41) is 11.2. The highest BCUT2D eigenvalue weighted by molar-refractivity contribution is 6.29. The number of amides is 1. The molecule has 1 N–H and O–H groups in total. The second kappa shape index (κ2) is 7.24. The summed E-state index contributed by atoms with van der Waals surface area (Å²) < 4.78 is 5.24. The topological polar surface area (TPSA) is 67.3 Å². The molecule has 1 aromatic heterocycles. The molecule has 0 spiro atoms. The van der Waals surface area contributed by atoms with Gasteiger partial charge in [-0.05, 0) is 51.8 Å². The monoisotopic (exact) mass is 326 g/mol. The number of halogens is 1. The fourth-order valence-electron chi connectivity index (χ4n) is 2.42. The van der Waals surface area contributed by atoms with Gasteiger partial charge in [0.15, 0.2) is 5.15 Å². The third-order valence-corrected chi connectivity index (χ3v) is 3.58. The van der Waals surface area contributed by atoms with Crippen LogP contribution in [0.2, 0.25) is 5.15 Å². The van der Waals surface area contributed by atoms with Gasteiger partial charge in [-0.2, -0.15) is 5.10 Å². The quantitative estimate of drug-likeness (QED) is 0.920. The van der Waals surface area contributed by atoms with Crippen LogP contribution in [-0.2, 0) is 11.3 Å². The van der Waals surface area contributed by atoms with Gasteiger partial charge in [-0.25, -0.2) is 4.79 Å². The van der Waals surface area contributed by atoms with Crippen LogP contribution in [0.5, 0.6) is 0 Å². The van der Waals surface area contributed by atoms with E-state index in [4.69, 9.17) is 16.3 Å². The first-order valence-corrected chi connectivity index (χ1v) is 7.87. The normalized spacial score (nSPS) is 19.2. The van der Waals surface area contributed by atoms with E-state index in [0.717, 1.165) is 31.7 Å². The molecule has 0 bridgehead atoms. The Morgan fingerprint density at radius 3 is 2.86 bits per heavy atom. The molecule has 1 aromatic rings. The molecule has 0 aliphatic carbocycles. The van der Waals surface area contributed by atoms with Crippen LogP contribution in [0.4, 0.5) is 4.79 Å². The summed E-state index contributed by atoms with van der Waals surface area (Å²) in [6.07, 6.45) is 0.700. The van der Waals surface area contributed by atoms with Gasteiger partial charge in [-0.1, -0.05) is 11.6 Å². The Balaban J connectivity index is 1.71. The molecule has 0 radical (unpaired) electrons. The van der Waals surface area contributed by atoms with E-state index >= 15 is 0 Å². The lowest BCUT2D eigenvalue weighted by atomic mass is 10.1. The number of hydrogen-bond donors (Lipinski definition) is 1. The maximum atomic E-state index is 11.6. The summed E-state index contributed by atoms with van der Waals surface area (Å²) in [7, 11) is 0. The molecule has 7 heteroatoms. The number of hydrogen-bond acceptors (Lipinski definition) is 5. The van der Waals surface area contributed by atoms with E-state index in [0.29, 0.717) is 17.6 Å². The lowest BCUT2D eigenvalue weighted by molar-refractivity contribution is 0.0519. The summed E-state index contributed by atoms with van der Waals surface area (Å²) in [5.41, 5.74) is 0.448. The number of aromatic nitrogens is 2. The van der Waals surface area contributed by atoms with Gasteiger partial charge < -0.3 is 10.1 Å². The van der Waals surface area contributed by atoms with Crippen LogP contribution in [0.15, 0.2) is 12.1 Å². The van der Waals surface area contributed by atoms with E-state index in [2.05, 4.69) is 20.4 Å². The van der Waals surface area contributed by atoms with Gasteiger partial charge in [0.1, 0.15) is 5.60 Å². The maximum Gasteiger partial charge on any atom is 0.407 e. The van der Waals surface area contributed by atoms with E-state index in [1.807, 2.05) is 26.8 Å². The highest BCUT2D eigenvalue weighted by atomic mass is 35.5. The predicted octanol–water partition coefficient (Wildman–Crippen LogP) is 2.48. The minimum Gasteiger partial charge on any atom is -0.444 e. The van der Waals surface area contributed by atoms with E-state index < -0.39 is 5.60 Å². The van der Waals surface area contributed by atoms with Crippen molar-refractivity contribution >= 4 is 17.7 Å². The smallest absolute Gasteiger partial charge is 0.407 e. The average Bonchev–Trinajstić information content (AvgIpc) is 2.85. The van der Waals surface area contributed by atoms with Crippen molar-refractivity contribution in [2.24, 2.45) is 5.92 Å². The Hall–Kier alpha value is -1.40. The Labute approximate surface area is 136 Å². The van der Waals surface area contributed by atoms with Crippen LogP contribution in [-0.4, -0.2) is 46.4 Å². The summed E-state index contributed by atoms with van der Waals surface area (Å²) in [4.78, 5) is 13.9. The standard InChI is InChI=1S/C15H23ClN4O2/c1-15(2,3)22-14(21)17-8-11-6-7-20(9-11)10-12-4-5-13(16)19-18-12/h4-5,11H,6-10H2,1-3H3,(H,17,21)/t11-/m1/s1. The Morgan fingerprint density at radius 1 is 1.45 bits per heavy atom. The Bertz CT molecular complexity index is 501. The molecule has 1 fully saturated rings. The first kappa shape index (κ1) is 17.0. The molecular weight excluding hydrogens is 304 g/mol. The van der Waals surface area contributed by atoms with Crippen molar-refractivity contribution in [1.29, 1.82) is 0 Å². The van der Waals surface area contributed by atoms with Crippen LogP contribution < -0.4 is 5.32 Å². The number of likely N-dealkylation sites (tertiary alicyclic amines) is 1. The summed E-state index contributed by atoms with van der Waals surface area (Å²) in [6.45, 7) is 8.89. The number of nitrogens with zero attached hydrogens (tertiary/aromatic N) is 3. The first-order valence-electron chi connectivity index (χ1n) is 7.49. The lowest BCUT2D eigenvalue weighted by Gasteiger charge is -2.20. The third kappa shape index (κ3) is 5.77. The molecule has 0 saturated carbocycles. The number of alkyl carbamates (subject to hydrolysis) is 1. The maximum absolute atomic E-state index is 11.6. The average molecular weight is 327 g/mol. The first-order chi connectivity index (χ1) is 10.3. The van der Waals surface area contributed by atoms with Gasteiger partial charge in [0.05, 0.1) is 5.69 Å². The van der Waals surface area contributed by atoms with Crippen molar-refractivity contribution in [2.45, 2.75) is 39.3 Å².